The molecule has 1 heterocycles. The lowest BCUT2D eigenvalue weighted by Crippen LogP contribution is -2.20. The van der Waals surface area contributed by atoms with Crippen LogP contribution < -0.4 is 5.32 Å². The summed E-state index contributed by atoms with van der Waals surface area (Å²) in [5, 5.41) is 3.31. The molecule has 0 amide bonds. The number of halogens is 1. The van der Waals surface area contributed by atoms with Gasteiger partial charge in [-0.2, -0.15) is 0 Å². The zero-order valence-corrected chi connectivity index (χ0v) is 11.0. The van der Waals surface area contributed by atoms with Crippen molar-refractivity contribution in [1.29, 1.82) is 0 Å². The Morgan fingerprint density at radius 2 is 2.27 bits per heavy atom. The van der Waals surface area contributed by atoms with E-state index in [2.05, 4.69) is 36.7 Å². The van der Waals surface area contributed by atoms with Crippen molar-refractivity contribution >= 4 is 40.8 Å². The van der Waals surface area contributed by atoms with E-state index in [-0.39, 0.29) is 0 Å². The predicted molar refractivity (Wildman–Crippen MR) is 71.8 cm³/mol. The summed E-state index contributed by atoms with van der Waals surface area (Å²) in [6.45, 7) is 2.07. The number of allylic oxidation sites excluding steroid dienone is 1. The van der Waals surface area contributed by atoms with Crippen LogP contribution in [0.4, 0.5) is 5.69 Å². The Bertz CT molecular complexity index is 378. The van der Waals surface area contributed by atoms with E-state index in [1.54, 1.807) is 23.5 Å². The van der Waals surface area contributed by atoms with E-state index >= 15 is 0 Å². The van der Waals surface area contributed by atoms with Gasteiger partial charge in [0.1, 0.15) is 0 Å². The van der Waals surface area contributed by atoms with E-state index in [4.69, 9.17) is 11.6 Å². The van der Waals surface area contributed by atoms with Crippen molar-refractivity contribution in [2.24, 2.45) is 0 Å². The van der Waals surface area contributed by atoms with Gasteiger partial charge in [-0.3, -0.25) is 0 Å². The Hall–Kier alpha value is -0.250. The maximum absolute atomic E-state index is 6.47. The molecule has 0 spiro atoms. The van der Waals surface area contributed by atoms with E-state index < -0.39 is 4.33 Å². The van der Waals surface area contributed by atoms with Gasteiger partial charge in [-0.1, -0.05) is 35.5 Å². The summed E-state index contributed by atoms with van der Waals surface area (Å²) in [6, 6.07) is 8.18. The highest BCUT2D eigenvalue weighted by molar-refractivity contribution is 8.03. The zero-order chi connectivity index (χ0) is 10.9. The number of anilines is 1. The van der Waals surface area contributed by atoms with Gasteiger partial charge in [-0.15, -0.1) is 11.8 Å². The van der Waals surface area contributed by atoms with E-state index in [9.17, 15) is 0 Å². The van der Waals surface area contributed by atoms with Gasteiger partial charge in [0.15, 0.2) is 4.33 Å². The minimum Gasteiger partial charge on any atom is -0.354 e. The molecule has 1 aromatic rings. The van der Waals surface area contributed by atoms with Gasteiger partial charge >= 0.3 is 0 Å². The van der Waals surface area contributed by atoms with Gasteiger partial charge in [0.2, 0.25) is 0 Å². The lowest BCUT2D eigenvalue weighted by Gasteiger charge is -2.17. The first-order valence-electron chi connectivity index (χ1n) is 4.61. The minimum atomic E-state index is -0.517. The van der Waals surface area contributed by atoms with Crippen LogP contribution in [-0.4, -0.2) is 10.6 Å². The first kappa shape index (κ1) is 11.2. The quantitative estimate of drug-likeness (QED) is 0.624. The first-order valence-corrected chi connectivity index (χ1v) is 7.03. The van der Waals surface area contributed by atoms with Gasteiger partial charge in [0.05, 0.1) is 5.69 Å². The molecule has 15 heavy (non-hydrogen) atoms. The Balaban J connectivity index is 2.25. The number of fused-ring (bicyclic) bond motifs is 1. The highest BCUT2D eigenvalue weighted by Crippen LogP contribution is 2.49. The molecule has 0 radical (unpaired) electrons. The number of nitrogens with one attached hydrogen (secondary N) is 1. The van der Waals surface area contributed by atoms with Crippen molar-refractivity contribution in [2.45, 2.75) is 16.1 Å². The largest absolute Gasteiger partial charge is 0.354 e. The Morgan fingerprint density at radius 1 is 1.53 bits per heavy atom. The van der Waals surface area contributed by atoms with E-state index in [0.717, 1.165) is 5.69 Å². The summed E-state index contributed by atoms with van der Waals surface area (Å²) < 4.78 is -0.517. The number of hydrogen-bond acceptors (Lipinski definition) is 3. The molecule has 0 aliphatic carbocycles. The van der Waals surface area contributed by atoms with Crippen molar-refractivity contribution in [2.75, 3.05) is 11.6 Å². The highest BCUT2D eigenvalue weighted by Gasteiger charge is 2.33. The van der Waals surface area contributed by atoms with Gasteiger partial charge in [0.25, 0.3) is 0 Å². The Labute approximate surface area is 104 Å². The SMILES string of the molecule is CSC(C)=CC1(Cl)Nc2ccccc2S1. The number of thioether (sulfide) groups is 2. The molecule has 80 valence electrons. The third-order valence-electron chi connectivity index (χ3n) is 2.16. The third kappa shape index (κ3) is 2.47. The van der Waals surface area contributed by atoms with Crippen molar-refractivity contribution in [3.05, 3.63) is 35.2 Å². The molecule has 1 aliphatic heterocycles. The number of rotatable bonds is 2. The predicted octanol–water partition coefficient (Wildman–Crippen LogP) is 4.36. The third-order valence-corrected chi connectivity index (χ3v) is 4.45. The number of benzene rings is 1. The van der Waals surface area contributed by atoms with Crippen LogP contribution in [0.25, 0.3) is 0 Å². The molecule has 0 saturated heterocycles. The second-order valence-corrected chi connectivity index (χ2v) is 6.49. The Morgan fingerprint density at radius 3 is 2.93 bits per heavy atom. The monoisotopic (exact) mass is 257 g/mol. The fourth-order valence-corrected chi connectivity index (χ4v) is 3.46. The van der Waals surface area contributed by atoms with Crippen LogP contribution >= 0.6 is 35.1 Å². The molecule has 1 unspecified atom stereocenters. The molecule has 0 fully saturated rings. The van der Waals surface area contributed by atoms with E-state index in [1.807, 2.05) is 12.1 Å². The molecule has 1 aromatic carbocycles. The number of para-hydroxylation sites is 1. The summed E-state index contributed by atoms with van der Waals surface area (Å²) in [6.07, 6.45) is 4.11. The minimum absolute atomic E-state index is 0.517. The van der Waals surface area contributed by atoms with Gasteiger partial charge in [-0.05, 0) is 36.3 Å². The van der Waals surface area contributed by atoms with Crippen molar-refractivity contribution in [3.63, 3.8) is 0 Å². The smallest absolute Gasteiger partial charge is 0.184 e. The van der Waals surface area contributed by atoms with Crippen LogP contribution in [0, 0.1) is 0 Å². The fraction of sp³-hybridized carbons (Fsp3) is 0.273. The summed E-state index contributed by atoms with van der Waals surface area (Å²) >= 11 is 9.83. The van der Waals surface area contributed by atoms with Gasteiger partial charge in [-0.25, -0.2) is 0 Å². The number of alkyl halides is 1. The second-order valence-electron chi connectivity index (χ2n) is 3.33. The summed E-state index contributed by atoms with van der Waals surface area (Å²) in [5.41, 5.74) is 1.11. The lowest BCUT2D eigenvalue weighted by atomic mass is 10.3. The standard InChI is InChI=1S/C11H12ClNS2/c1-8(14-2)7-11(12)13-9-5-3-4-6-10(9)15-11/h3-7,13H,1-2H3. The molecule has 1 N–H and O–H groups in total. The Kier molecular flexibility index (Phi) is 3.24. The van der Waals surface area contributed by atoms with E-state index in [1.165, 1.54) is 9.80 Å². The molecule has 1 nitrogen and oxygen atoms in total. The number of hydrogen-bond donors (Lipinski definition) is 1. The van der Waals surface area contributed by atoms with Crippen LogP contribution in [0.3, 0.4) is 0 Å². The van der Waals surface area contributed by atoms with Crippen molar-refractivity contribution < 1.29 is 0 Å². The first-order chi connectivity index (χ1) is 7.13. The molecular weight excluding hydrogens is 246 g/mol. The van der Waals surface area contributed by atoms with Gasteiger partial charge < -0.3 is 5.32 Å². The molecule has 1 aliphatic rings. The van der Waals surface area contributed by atoms with Crippen LogP contribution in [0.2, 0.25) is 0 Å². The van der Waals surface area contributed by atoms with Crippen LogP contribution in [0.1, 0.15) is 6.92 Å². The fourth-order valence-electron chi connectivity index (χ4n) is 1.41. The second kappa shape index (κ2) is 4.32. The maximum Gasteiger partial charge on any atom is 0.184 e. The molecule has 0 aromatic heterocycles. The maximum atomic E-state index is 6.47. The van der Waals surface area contributed by atoms with Crippen LogP contribution in [-0.2, 0) is 0 Å². The van der Waals surface area contributed by atoms with Gasteiger partial charge in [0, 0.05) is 4.90 Å². The highest BCUT2D eigenvalue weighted by atomic mass is 35.5. The lowest BCUT2D eigenvalue weighted by molar-refractivity contribution is 1.16. The normalized spacial score (nSPS) is 24.9. The zero-order valence-electron chi connectivity index (χ0n) is 8.58. The average Bonchev–Trinajstić information content (AvgIpc) is 2.53. The summed E-state index contributed by atoms with van der Waals surface area (Å²) in [5.74, 6) is 0. The molecule has 0 bridgehead atoms. The molecule has 0 saturated carbocycles. The van der Waals surface area contributed by atoms with E-state index in [0.29, 0.717) is 0 Å². The van der Waals surface area contributed by atoms with Crippen LogP contribution in [0.5, 0.6) is 0 Å². The van der Waals surface area contributed by atoms with Crippen molar-refractivity contribution in [1.82, 2.24) is 0 Å². The van der Waals surface area contributed by atoms with Crippen LogP contribution in [0.15, 0.2) is 40.1 Å². The molecular formula is C11H12ClNS2. The van der Waals surface area contributed by atoms with Crippen molar-refractivity contribution in [3.8, 4) is 0 Å². The topological polar surface area (TPSA) is 12.0 Å². The molecule has 1 atom stereocenters. The molecule has 2 rings (SSSR count). The molecule has 4 heteroatoms. The average molecular weight is 258 g/mol. The summed E-state index contributed by atoms with van der Waals surface area (Å²) in [7, 11) is 0. The summed E-state index contributed by atoms with van der Waals surface area (Å²) in [4.78, 5) is 2.43.